The second-order valence-electron chi connectivity index (χ2n) is 5.60. The molecule has 1 N–H and O–H groups in total. The van der Waals surface area contributed by atoms with Crippen molar-refractivity contribution >= 4 is 17.9 Å². The summed E-state index contributed by atoms with van der Waals surface area (Å²) in [5.74, 6) is 1.15. The van der Waals surface area contributed by atoms with Crippen LogP contribution in [0, 0.1) is 0 Å². The van der Waals surface area contributed by atoms with Crippen molar-refractivity contribution in [1.82, 2.24) is 10.2 Å². The summed E-state index contributed by atoms with van der Waals surface area (Å²) in [6.07, 6.45) is 5.85. The first-order valence-electron chi connectivity index (χ1n) is 7.79. The molecule has 2 aliphatic rings. The van der Waals surface area contributed by atoms with Crippen LogP contribution in [0.1, 0.15) is 24.8 Å². The molecule has 1 saturated heterocycles. The number of likely N-dealkylation sites (N-methyl/N-ethyl adjacent to an activating group) is 1. The highest BCUT2D eigenvalue weighted by Gasteiger charge is 2.30. The number of amides is 2. The molecule has 2 heterocycles. The van der Waals surface area contributed by atoms with Gasteiger partial charge in [-0.2, -0.15) is 0 Å². The quantitative estimate of drug-likeness (QED) is 0.859. The van der Waals surface area contributed by atoms with E-state index in [1.165, 1.54) is 6.08 Å². The fourth-order valence-electron chi connectivity index (χ4n) is 2.91. The molecule has 1 atom stereocenters. The van der Waals surface area contributed by atoms with Gasteiger partial charge in [0.15, 0.2) is 11.5 Å². The third kappa shape index (κ3) is 3.31. The number of ether oxygens (including phenoxy) is 2. The molecule has 0 spiro atoms. The van der Waals surface area contributed by atoms with Crippen LogP contribution in [0.4, 0.5) is 0 Å². The number of nitrogens with one attached hydrogen (secondary N) is 1. The molecule has 0 aromatic heterocycles. The molecule has 1 aromatic rings. The molecule has 2 aliphatic heterocycles. The van der Waals surface area contributed by atoms with Gasteiger partial charge in [0.2, 0.25) is 18.6 Å². The van der Waals surface area contributed by atoms with E-state index < -0.39 is 0 Å². The van der Waals surface area contributed by atoms with Crippen molar-refractivity contribution in [2.75, 3.05) is 20.4 Å². The van der Waals surface area contributed by atoms with Crippen molar-refractivity contribution in [2.45, 2.75) is 25.3 Å². The SMILES string of the molecule is CNC(=O)[C@H]1CCCCN1C(=O)/C=C/c1ccc2c(c1)OCO2. The van der Waals surface area contributed by atoms with Gasteiger partial charge in [0.1, 0.15) is 6.04 Å². The monoisotopic (exact) mass is 316 g/mol. The van der Waals surface area contributed by atoms with Gasteiger partial charge in [-0.05, 0) is 43.0 Å². The molecule has 1 fully saturated rings. The van der Waals surface area contributed by atoms with Crippen molar-refractivity contribution in [3.8, 4) is 11.5 Å². The summed E-state index contributed by atoms with van der Waals surface area (Å²) in [7, 11) is 1.60. The van der Waals surface area contributed by atoms with E-state index in [1.807, 2.05) is 18.2 Å². The number of likely N-dealkylation sites (tertiary alicyclic amines) is 1. The Kier molecular flexibility index (Phi) is 4.50. The van der Waals surface area contributed by atoms with Gasteiger partial charge in [-0.25, -0.2) is 0 Å². The number of nitrogens with zero attached hydrogens (tertiary/aromatic N) is 1. The molecule has 0 saturated carbocycles. The van der Waals surface area contributed by atoms with Gasteiger partial charge in [0.25, 0.3) is 0 Å². The van der Waals surface area contributed by atoms with Gasteiger partial charge in [0, 0.05) is 19.7 Å². The average molecular weight is 316 g/mol. The van der Waals surface area contributed by atoms with Crippen molar-refractivity contribution in [2.24, 2.45) is 0 Å². The molecule has 6 nitrogen and oxygen atoms in total. The predicted octanol–water partition coefficient (Wildman–Crippen LogP) is 1.56. The van der Waals surface area contributed by atoms with Gasteiger partial charge in [0.05, 0.1) is 0 Å². The van der Waals surface area contributed by atoms with Crippen molar-refractivity contribution in [3.05, 3.63) is 29.8 Å². The van der Waals surface area contributed by atoms with E-state index in [4.69, 9.17) is 9.47 Å². The van der Waals surface area contributed by atoms with Crippen LogP contribution in [0.25, 0.3) is 6.08 Å². The van der Waals surface area contributed by atoms with Gasteiger partial charge in [-0.1, -0.05) is 6.07 Å². The standard InChI is InChI=1S/C17H20N2O4/c1-18-17(21)13-4-2-3-9-19(13)16(20)8-6-12-5-7-14-15(10-12)23-11-22-14/h5-8,10,13H,2-4,9,11H2,1H3,(H,18,21)/b8-6+/t13-/m1/s1. The number of rotatable bonds is 3. The molecular weight excluding hydrogens is 296 g/mol. The maximum absolute atomic E-state index is 12.4. The lowest BCUT2D eigenvalue weighted by Gasteiger charge is -2.33. The van der Waals surface area contributed by atoms with Gasteiger partial charge in [-0.15, -0.1) is 0 Å². The maximum atomic E-state index is 12.4. The summed E-state index contributed by atoms with van der Waals surface area (Å²) < 4.78 is 10.6. The summed E-state index contributed by atoms with van der Waals surface area (Å²) in [6.45, 7) is 0.839. The summed E-state index contributed by atoms with van der Waals surface area (Å²) in [5.41, 5.74) is 0.858. The minimum atomic E-state index is -0.373. The number of carbonyl (C=O) groups is 2. The topological polar surface area (TPSA) is 67.9 Å². The van der Waals surface area contributed by atoms with Crippen LogP contribution in [-0.2, 0) is 9.59 Å². The smallest absolute Gasteiger partial charge is 0.247 e. The summed E-state index contributed by atoms with van der Waals surface area (Å²) >= 11 is 0. The Morgan fingerprint density at radius 3 is 2.91 bits per heavy atom. The molecule has 1 aromatic carbocycles. The minimum Gasteiger partial charge on any atom is -0.454 e. The minimum absolute atomic E-state index is 0.102. The first kappa shape index (κ1) is 15.4. The lowest BCUT2D eigenvalue weighted by atomic mass is 10.0. The number of carbonyl (C=O) groups excluding carboxylic acids is 2. The van der Waals surface area contributed by atoms with Crippen molar-refractivity contribution in [1.29, 1.82) is 0 Å². The molecule has 0 radical (unpaired) electrons. The first-order chi connectivity index (χ1) is 11.2. The number of hydrogen-bond donors (Lipinski definition) is 1. The fourth-order valence-corrected chi connectivity index (χ4v) is 2.91. The van der Waals surface area contributed by atoms with E-state index in [-0.39, 0.29) is 24.6 Å². The van der Waals surface area contributed by atoms with Gasteiger partial charge < -0.3 is 19.7 Å². The first-order valence-corrected chi connectivity index (χ1v) is 7.79. The van der Waals surface area contributed by atoms with Crippen LogP contribution in [0.3, 0.4) is 0 Å². The van der Waals surface area contributed by atoms with Crippen LogP contribution >= 0.6 is 0 Å². The zero-order valence-electron chi connectivity index (χ0n) is 13.1. The van der Waals surface area contributed by atoms with E-state index in [0.717, 1.165) is 18.4 Å². The lowest BCUT2D eigenvalue weighted by molar-refractivity contribution is -0.138. The number of benzene rings is 1. The van der Waals surface area contributed by atoms with Crippen molar-refractivity contribution in [3.63, 3.8) is 0 Å². The number of piperidine rings is 1. The second-order valence-corrected chi connectivity index (χ2v) is 5.60. The largest absolute Gasteiger partial charge is 0.454 e. The van der Waals surface area contributed by atoms with Crippen LogP contribution in [-0.4, -0.2) is 43.1 Å². The highest BCUT2D eigenvalue weighted by molar-refractivity contribution is 5.95. The van der Waals surface area contributed by atoms with E-state index in [0.29, 0.717) is 24.5 Å². The Morgan fingerprint density at radius 2 is 2.09 bits per heavy atom. The Balaban J connectivity index is 1.71. The van der Waals surface area contributed by atoms with Gasteiger partial charge in [-0.3, -0.25) is 9.59 Å². The van der Waals surface area contributed by atoms with E-state index >= 15 is 0 Å². The fraction of sp³-hybridized carbons (Fsp3) is 0.412. The Labute approximate surface area is 135 Å². The molecule has 122 valence electrons. The average Bonchev–Trinajstić information content (AvgIpc) is 3.06. The van der Waals surface area contributed by atoms with Crippen LogP contribution in [0.15, 0.2) is 24.3 Å². The molecule has 0 bridgehead atoms. The van der Waals surface area contributed by atoms with Crippen molar-refractivity contribution < 1.29 is 19.1 Å². The third-order valence-corrected chi connectivity index (χ3v) is 4.15. The van der Waals surface area contributed by atoms with Crippen LogP contribution in [0.2, 0.25) is 0 Å². The summed E-state index contributed by atoms with van der Waals surface area (Å²) in [6, 6.07) is 5.14. The van der Waals surface area contributed by atoms with Gasteiger partial charge >= 0.3 is 0 Å². The molecule has 23 heavy (non-hydrogen) atoms. The normalized spacial score (nSPS) is 19.9. The third-order valence-electron chi connectivity index (χ3n) is 4.15. The molecule has 0 aliphatic carbocycles. The summed E-state index contributed by atoms with van der Waals surface area (Å²) in [4.78, 5) is 26.0. The Morgan fingerprint density at radius 1 is 1.26 bits per heavy atom. The molecule has 0 unspecified atom stereocenters. The zero-order chi connectivity index (χ0) is 16.2. The summed E-state index contributed by atoms with van der Waals surface area (Å²) in [5, 5.41) is 2.63. The molecule has 3 rings (SSSR count). The predicted molar refractivity (Wildman–Crippen MR) is 85.0 cm³/mol. The zero-order valence-corrected chi connectivity index (χ0v) is 13.1. The number of hydrogen-bond acceptors (Lipinski definition) is 4. The molecular formula is C17H20N2O4. The highest BCUT2D eigenvalue weighted by Crippen LogP contribution is 2.32. The Bertz CT molecular complexity index is 641. The van der Waals surface area contributed by atoms with E-state index in [9.17, 15) is 9.59 Å². The highest BCUT2D eigenvalue weighted by atomic mass is 16.7. The maximum Gasteiger partial charge on any atom is 0.247 e. The molecule has 2 amide bonds. The van der Waals surface area contributed by atoms with E-state index in [2.05, 4.69) is 5.32 Å². The van der Waals surface area contributed by atoms with E-state index in [1.54, 1.807) is 18.0 Å². The lowest BCUT2D eigenvalue weighted by Crippen LogP contribution is -2.50. The molecule has 6 heteroatoms. The Hall–Kier alpha value is -2.50. The number of fused-ring (bicyclic) bond motifs is 1. The second kappa shape index (κ2) is 6.73. The van der Waals surface area contributed by atoms with Crippen LogP contribution in [0.5, 0.6) is 11.5 Å². The van der Waals surface area contributed by atoms with Crippen LogP contribution < -0.4 is 14.8 Å².